The fraction of sp³-hybridized carbons (Fsp3) is 0.348. The number of rotatable bonds is 7. The zero-order valence-corrected chi connectivity index (χ0v) is 17.2. The number of nitrogens with zero attached hydrogens (tertiary/aromatic N) is 3. The van der Waals surface area contributed by atoms with E-state index >= 15 is 0 Å². The molecule has 3 aromatic rings. The van der Waals surface area contributed by atoms with Crippen molar-refractivity contribution >= 4 is 23.4 Å². The Morgan fingerprint density at radius 1 is 1.03 bits per heavy atom. The molecule has 0 radical (unpaired) electrons. The van der Waals surface area contributed by atoms with Crippen LogP contribution < -0.4 is 5.32 Å². The minimum atomic E-state index is -0.257. The van der Waals surface area contributed by atoms with Gasteiger partial charge in [0.1, 0.15) is 5.82 Å². The topological polar surface area (TPSA) is 59.8 Å². The van der Waals surface area contributed by atoms with E-state index in [1.807, 2.05) is 49.4 Å². The van der Waals surface area contributed by atoms with Crippen LogP contribution in [0.2, 0.25) is 0 Å². The normalized spacial score (nSPS) is 17.1. The summed E-state index contributed by atoms with van der Waals surface area (Å²) >= 11 is 1.51. The lowest BCUT2D eigenvalue weighted by molar-refractivity contribution is -0.115. The van der Waals surface area contributed by atoms with Gasteiger partial charge in [-0.1, -0.05) is 60.3 Å². The molecule has 1 amide bonds. The number of nitrogens with one attached hydrogen (secondary N) is 1. The highest BCUT2D eigenvalue weighted by atomic mass is 32.2. The molecular formula is C23H24N4OS. The largest absolute Gasteiger partial charge is 0.325 e. The molecule has 2 aliphatic carbocycles. The van der Waals surface area contributed by atoms with E-state index in [4.69, 9.17) is 0 Å². The van der Waals surface area contributed by atoms with Crippen molar-refractivity contribution in [3.63, 3.8) is 0 Å². The summed E-state index contributed by atoms with van der Waals surface area (Å²) in [6.07, 6.45) is 4.80. The predicted molar refractivity (Wildman–Crippen MR) is 116 cm³/mol. The predicted octanol–water partition coefficient (Wildman–Crippen LogP) is 5.28. The maximum Gasteiger partial charge on any atom is 0.237 e. The molecule has 0 unspecified atom stereocenters. The molecule has 2 fully saturated rings. The first-order valence-electron chi connectivity index (χ1n) is 10.3. The Labute approximate surface area is 174 Å². The Bertz CT molecular complexity index is 1020. The Kier molecular flexibility index (Phi) is 4.87. The van der Waals surface area contributed by atoms with Gasteiger partial charge in [0, 0.05) is 23.2 Å². The van der Waals surface area contributed by atoms with E-state index in [9.17, 15) is 4.79 Å². The van der Waals surface area contributed by atoms with Gasteiger partial charge in [0.05, 0.1) is 5.25 Å². The van der Waals surface area contributed by atoms with Crippen LogP contribution in [0.25, 0.3) is 11.1 Å². The lowest BCUT2D eigenvalue weighted by Crippen LogP contribution is -2.23. The summed E-state index contributed by atoms with van der Waals surface area (Å²) < 4.78 is 2.30. The van der Waals surface area contributed by atoms with Gasteiger partial charge in [0.25, 0.3) is 0 Å². The molecule has 148 valence electrons. The van der Waals surface area contributed by atoms with Crippen LogP contribution in [0.4, 0.5) is 5.69 Å². The van der Waals surface area contributed by atoms with Gasteiger partial charge < -0.3 is 9.88 Å². The van der Waals surface area contributed by atoms with E-state index in [1.165, 1.54) is 37.4 Å². The molecule has 1 atom stereocenters. The average Bonchev–Trinajstić information content (AvgIpc) is 3.68. The second kappa shape index (κ2) is 7.67. The highest BCUT2D eigenvalue weighted by Gasteiger charge is 2.37. The van der Waals surface area contributed by atoms with Crippen molar-refractivity contribution in [2.24, 2.45) is 0 Å². The highest BCUT2D eigenvalue weighted by Crippen LogP contribution is 2.46. The molecular weight excluding hydrogens is 380 g/mol. The van der Waals surface area contributed by atoms with E-state index in [-0.39, 0.29) is 11.2 Å². The van der Waals surface area contributed by atoms with Gasteiger partial charge in [-0.3, -0.25) is 4.79 Å². The Morgan fingerprint density at radius 3 is 2.48 bits per heavy atom. The average molecular weight is 405 g/mol. The molecule has 5 nitrogen and oxygen atoms in total. The molecule has 2 saturated carbocycles. The van der Waals surface area contributed by atoms with Crippen LogP contribution in [0.5, 0.6) is 0 Å². The molecule has 1 heterocycles. The number of hydrogen-bond acceptors (Lipinski definition) is 4. The molecule has 0 bridgehead atoms. The second-order valence-corrected chi connectivity index (χ2v) is 9.19. The fourth-order valence-corrected chi connectivity index (χ4v) is 4.50. The lowest BCUT2D eigenvalue weighted by atomic mass is 10.0. The third-order valence-electron chi connectivity index (χ3n) is 5.47. The summed E-state index contributed by atoms with van der Waals surface area (Å²) in [5.74, 6) is 1.67. The molecule has 5 rings (SSSR count). The Hall–Kier alpha value is -2.60. The van der Waals surface area contributed by atoms with Crippen molar-refractivity contribution in [3.05, 3.63) is 60.4 Å². The van der Waals surface area contributed by atoms with Crippen molar-refractivity contribution in [1.29, 1.82) is 0 Å². The maximum absolute atomic E-state index is 13.0. The molecule has 0 aliphatic heterocycles. The number of hydrogen-bond donors (Lipinski definition) is 1. The summed E-state index contributed by atoms with van der Waals surface area (Å²) in [5, 5.41) is 12.6. The molecule has 2 aliphatic rings. The van der Waals surface area contributed by atoms with Gasteiger partial charge in [-0.2, -0.15) is 0 Å². The minimum absolute atomic E-state index is 0.0169. The molecule has 1 aromatic heterocycles. The smallest absolute Gasteiger partial charge is 0.237 e. The van der Waals surface area contributed by atoms with Crippen LogP contribution in [-0.2, 0) is 4.79 Å². The first-order valence-corrected chi connectivity index (χ1v) is 11.2. The van der Waals surface area contributed by atoms with Crippen molar-refractivity contribution in [1.82, 2.24) is 14.8 Å². The van der Waals surface area contributed by atoms with E-state index in [0.717, 1.165) is 27.8 Å². The molecule has 1 N–H and O–H groups in total. The van der Waals surface area contributed by atoms with Gasteiger partial charge in [-0.15, -0.1) is 10.2 Å². The first kappa shape index (κ1) is 18.4. The summed E-state index contributed by atoms with van der Waals surface area (Å²) in [6, 6.07) is 18.6. The molecule has 2 aromatic carbocycles. The third kappa shape index (κ3) is 3.94. The zero-order valence-electron chi connectivity index (χ0n) is 16.4. The van der Waals surface area contributed by atoms with E-state index in [0.29, 0.717) is 12.0 Å². The number of para-hydroxylation sites is 1. The third-order valence-corrected chi connectivity index (χ3v) is 6.52. The zero-order chi connectivity index (χ0) is 19.8. The summed E-state index contributed by atoms with van der Waals surface area (Å²) in [5.41, 5.74) is 2.94. The Balaban J connectivity index is 1.32. The maximum atomic E-state index is 13.0. The second-order valence-electron chi connectivity index (χ2n) is 7.88. The molecule has 6 heteroatoms. The summed E-state index contributed by atoms with van der Waals surface area (Å²) in [6.45, 7) is 1.94. The van der Waals surface area contributed by atoms with Crippen molar-refractivity contribution in [2.75, 3.05) is 5.32 Å². The standard InChI is InChI=1S/C23H24N4OS/c1-15(29-23-26-25-21(17-11-12-17)27(23)18-13-14-18)22(28)24-20-10-6-5-9-19(20)16-7-3-2-4-8-16/h2-10,15,17-18H,11-14H2,1H3,(H,24,28)/t15-/m0/s1. The highest BCUT2D eigenvalue weighted by molar-refractivity contribution is 8.00. The van der Waals surface area contributed by atoms with Gasteiger partial charge in [-0.05, 0) is 44.2 Å². The SMILES string of the molecule is C[C@H](Sc1nnc(C2CC2)n1C1CC1)C(=O)Nc1ccccc1-c1ccccc1. The molecule has 0 spiro atoms. The number of anilines is 1. The molecule has 29 heavy (non-hydrogen) atoms. The van der Waals surface area contributed by atoms with Crippen LogP contribution in [0.15, 0.2) is 59.8 Å². The number of thioether (sulfide) groups is 1. The first-order chi connectivity index (χ1) is 14.2. The van der Waals surface area contributed by atoms with Crippen molar-refractivity contribution < 1.29 is 4.79 Å². The van der Waals surface area contributed by atoms with E-state index in [2.05, 4.69) is 32.2 Å². The van der Waals surface area contributed by atoms with E-state index in [1.54, 1.807) is 0 Å². The van der Waals surface area contributed by atoms with Crippen LogP contribution in [0.3, 0.4) is 0 Å². The van der Waals surface area contributed by atoms with Crippen molar-refractivity contribution in [2.45, 2.75) is 55.0 Å². The van der Waals surface area contributed by atoms with Crippen molar-refractivity contribution in [3.8, 4) is 11.1 Å². The van der Waals surface area contributed by atoms with Gasteiger partial charge >= 0.3 is 0 Å². The number of benzene rings is 2. The Morgan fingerprint density at radius 2 is 1.76 bits per heavy atom. The number of amides is 1. The fourth-order valence-electron chi connectivity index (χ4n) is 3.57. The monoisotopic (exact) mass is 404 g/mol. The van der Waals surface area contributed by atoms with Crippen LogP contribution in [0.1, 0.15) is 50.4 Å². The lowest BCUT2D eigenvalue weighted by Gasteiger charge is -2.15. The number of carbonyl (C=O) groups is 1. The van der Waals surface area contributed by atoms with Crippen LogP contribution >= 0.6 is 11.8 Å². The summed E-state index contributed by atoms with van der Waals surface area (Å²) in [7, 11) is 0. The van der Waals surface area contributed by atoms with Gasteiger partial charge in [0.2, 0.25) is 5.91 Å². The quantitative estimate of drug-likeness (QED) is 0.545. The number of aromatic nitrogens is 3. The van der Waals surface area contributed by atoms with Gasteiger partial charge in [-0.25, -0.2) is 0 Å². The van der Waals surface area contributed by atoms with Crippen LogP contribution in [-0.4, -0.2) is 25.9 Å². The minimum Gasteiger partial charge on any atom is -0.325 e. The van der Waals surface area contributed by atoms with Gasteiger partial charge in [0.15, 0.2) is 5.16 Å². The molecule has 0 saturated heterocycles. The summed E-state index contributed by atoms with van der Waals surface area (Å²) in [4.78, 5) is 13.0. The van der Waals surface area contributed by atoms with E-state index < -0.39 is 0 Å². The van der Waals surface area contributed by atoms with Crippen LogP contribution in [0, 0.1) is 0 Å². The number of carbonyl (C=O) groups excluding carboxylic acids is 1.